The molecule has 1 saturated carbocycles. The number of amides is 4. The maximum Gasteiger partial charge on any atom is 0.228 e. The molecule has 10 heteroatoms. The van der Waals surface area contributed by atoms with Gasteiger partial charge in [-0.1, -0.05) is 18.6 Å². The molecule has 0 bridgehead atoms. The van der Waals surface area contributed by atoms with Gasteiger partial charge < -0.3 is 29.7 Å². The van der Waals surface area contributed by atoms with Gasteiger partial charge in [0.25, 0.3) is 0 Å². The quantitative estimate of drug-likeness (QED) is 0.396. The Kier molecular flexibility index (Phi) is 8.78. The van der Waals surface area contributed by atoms with Crippen molar-refractivity contribution >= 4 is 34.5 Å². The molecule has 1 aromatic carbocycles. The molecule has 0 radical (unpaired) electrons. The fourth-order valence-corrected chi connectivity index (χ4v) is 8.85. The van der Waals surface area contributed by atoms with Crippen molar-refractivity contribution in [2.45, 2.75) is 83.1 Å². The monoisotopic (exact) mass is 643 g/mol. The van der Waals surface area contributed by atoms with E-state index in [1.807, 2.05) is 32.9 Å². The van der Waals surface area contributed by atoms with Gasteiger partial charge in [-0.2, -0.15) is 0 Å². The zero-order chi connectivity index (χ0) is 32.7. The van der Waals surface area contributed by atoms with Crippen molar-refractivity contribution in [2.75, 3.05) is 46.4 Å². The highest BCUT2D eigenvalue weighted by Gasteiger charge is 2.59. The Bertz CT molecular complexity index is 1580. The van der Waals surface area contributed by atoms with Gasteiger partial charge in [0.1, 0.15) is 5.75 Å². The molecule has 4 heterocycles. The molecule has 3 atom stereocenters. The number of hydrogen-bond donors (Lipinski definition) is 2. The highest BCUT2D eigenvalue weighted by molar-refractivity contribution is 5.93. The molecule has 5 aliphatic rings. The van der Waals surface area contributed by atoms with Crippen molar-refractivity contribution in [3.8, 4) is 5.75 Å². The van der Waals surface area contributed by atoms with Crippen LogP contribution in [-0.4, -0.2) is 89.7 Å². The standard InChI is InChI=1S/C37H49N5O5/c1-3-37-30(36(46)41-19-17-40(18-20-41)34(44)25-9-10-25)21-26(22-32(43)38-15-13-24-7-5-4-6-8-24)35(45)42(37)16-14-28-29-23-27(47-2)11-12-31(29)39-33(28)37/h7,11-12,23,25-26,30,39H,3-6,8-10,13-22H2,1-2H3,(H,38,43)/t26?,30-,37+/m1/s1. The van der Waals surface area contributed by atoms with Crippen molar-refractivity contribution in [3.63, 3.8) is 0 Å². The number of allylic oxidation sites excluding steroid dienone is 1. The van der Waals surface area contributed by atoms with E-state index >= 15 is 0 Å². The maximum atomic E-state index is 14.7. The summed E-state index contributed by atoms with van der Waals surface area (Å²) in [7, 11) is 1.66. The number of fused-ring (bicyclic) bond motifs is 5. The smallest absolute Gasteiger partial charge is 0.228 e. The van der Waals surface area contributed by atoms with Gasteiger partial charge in [0.2, 0.25) is 23.6 Å². The lowest BCUT2D eigenvalue weighted by atomic mass is 9.65. The second kappa shape index (κ2) is 13.0. The van der Waals surface area contributed by atoms with Crippen LogP contribution in [0, 0.1) is 17.8 Å². The molecule has 0 spiro atoms. The Balaban J connectivity index is 1.17. The highest BCUT2D eigenvalue weighted by Crippen LogP contribution is 2.52. The molecule has 252 valence electrons. The molecule has 2 aromatic rings. The fraction of sp³-hybridized carbons (Fsp3) is 0.622. The van der Waals surface area contributed by atoms with Crippen LogP contribution < -0.4 is 10.1 Å². The highest BCUT2D eigenvalue weighted by atomic mass is 16.5. The number of piperazine rings is 1. The van der Waals surface area contributed by atoms with Gasteiger partial charge in [-0.15, -0.1) is 0 Å². The largest absolute Gasteiger partial charge is 0.497 e. The summed E-state index contributed by atoms with van der Waals surface area (Å²) in [5.74, 6) is -0.0960. The number of benzene rings is 1. The predicted molar refractivity (Wildman–Crippen MR) is 179 cm³/mol. The second-order valence-corrected chi connectivity index (χ2v) is 14.2. The summed E-state index contributed by atoms with van der Waals surface area (Å²) in [6, 6.07) is 5.98. The van der Waals surface area contributed by atoms with Crippen molar-refractivity contribution in [1.29, 1.82) is 0 Å². The van der Waals surface area contributed by atoms with E-state index in [0.717, 1.165) is 60.0 Å². The lowest BCUT2D eigenvalue weighted by Gasteiger charge is -2.56. The average Bonchev–Trinajstić information content (AvgIpc) is 3.89. The zero-order valence-corrected chi connectivity index (χ0v) is 27.9. The van der Waals surface area contributed by atoms with E-state index in [9.17, 15) is 19.2 Å². The first-order chi connectivity index (χ1) is 22.8. The molecule has 10 nitrogen and oxygen atoms in total. The summed E-state index contributed by atoms with van der Waals surface area (Å²) in [6.07, 6.45) is 11.4. The minimum Gasteiger partial charge on any atom is -0.497 e. The molecular formula is C37H49N5O5. The van der Waals surface area contributed by atoms with Gasteiger partial charge in [0.05, 0.1) is 18.6 Å². The molecule has 4 amide bonds. The van der Waals surface area contributed by atoms with Crippen molar-refractivity contribution in [1.82, 2.24) is 25.0 Å². The minimum atomic E-state index is -0.852. The van der Waals surface area contributed by atoms with Gasteiger partial charge in [-0.3, -0.25) is 19.2 Å². The van der Waals surface area contributed by atoms with E-state index in [-0.39, 0.29) is 36.0 Å². The number of nitrogens with one attached hydrogen (secondary N) is 2. The SMILES string of the molecule is CC[C@]12c3[nH]c4ccc(OC)cc4c3CCN1C(=O)C(CC(=O)NCCC1=CCCCC1)C[C@@H]2C(=O)N1CCN(C(=O)C2CC2)CC1. The van der Waals surface area contributed by atoms with Crippen LogP contribution in [0.3, 0.4) is 0 Å². The topological polar surface area (TPSA) is 115 Å². The number of ether oxygens (including phenoxy) is 1. The molecular weight excluding hydrogens is 594 g/mol. The Morgan fingerprint density at radius 3 is 2.47 bits per heavy atom. The Morgan fingerprint density at radius 2 is 1.79 bits per heavy atom. The molecule has 1 aromatic heterocycles. The summed E-state index contributed by atoms with van der Waals surface area (Å²) >= 11 is 0. The first-order valence-electron chi connectivity index (χ1n) is 17.9. The normalized spacial score (nSPS) is 26.0. The van der Waals surface area contributed by atoms with E-state index in [4.69, 9.17) is 4.74 Å². The Morgan fingerprint density at radius 1 is 1.02 bits per heavy atom. The third kappa shape index (κ3) is 5.82. The van der Waals surface area contributed by atoms with Crippen LogP contribution in [0.4, 0.5) is 0 Å². The Labute approximate surface area is 277 Å². The van der Waals surface area contributed by atoms with Gasteiger partial charge >= 0.3 is 0 Å². The van der Waals surface area contributed by atoms with Crippen molar-refractivity contribution < 1.29 is 23.9 Å². The van der Waals surface area contributed by atoms with Crippen LogP contribution in [0.1, 0.15) is 82.4 Å². The van der Waals surface area contributed by atoms with Gasteiger partial charge in [0, 0.05) is 74.1 Å². The first-order valence-corrected chi connectivity index (χ1v) is 17.9. The number of H-pyrrole nitrogens is 1. The third-order valence-electron chi connectivity index (χ3n) is 11.6. The summed E-state index contributed by atoms with van der Waals surface area (Å²) < 4.78 is 5.55. The minimum absolute atomic E-state index is 0.0154. The lowest BCUT2D eigenvalue weighted by Crippen LogP contribution is -2.66. The van der Waals surface area contributed by atoms with Crippen molar-refractivity contribution in [3.05, 3.63) is 41.1 Å². The molecule has 3 aliphatic heterocycles. The summed E-state index contributed by atoms with van der Waals surface area (Å²) in [5.41, 5.74) is 3.59. The average molecular weight is 644 g/mol. The number of rotatable bonds is 9. The summed E-state index contributed by atoms with van der Waals surface area (Å²) in [5, 5.41) is 4.14. The number of carbonyl (C=O) groups excluding carboxylic acids is 4. The van der Waals surface area contributed by atoms with Crippen molar-refractivity contribution in [2.24, 2.45) is 17.8 Å². The predicted octanol–water partition coefficient (Wildman–Crippen LogP) is 4.28. The Hall–Kier alpha value is -3.82. The van der Waals surface area contributed by atoms with Gasteiger partial charge in [-0.25, -0.2) is 0 Å². The number of methoxy groups -OCH3 is 1. The summed E-state index contributed by atoms with van der Waals surface area (Å²) in [4.78, 5) is 64.6. The number of carbonyl (C=O) groups is 4. The van der Waals surface area contributed by atoms with E-state index < -0.39 is 17.4 Å². The molecule has 7 rings (SSSR count). The van der Waals surface area contributed by atoms with Crippen LogP contribution in [0.25, 0.3) is 10.9 Å². The number of hydrogen-bond acceptors (Lipinski definition) is 5. The first kappa shape index (κ1) is 31.8. The number of nitrogens with zero attached hydrogens (tertiary/aromatic N) is 3. The number of piperidine rings is 1. The lowest BCUT2D eigenvalue weighted by molar-refractivity contribution is -0.167. The van der Waals surface area contributed by atoms with E-state index in [1.165, 1.54) is 18.4 Å². The van der Waals surface area contributed by atoms with E-state index in [1.54, 1.807) is 7.11 Å². The molecule has 47 heavy (non-hydrogen) atoms. The van der Waals surface area contributed by atoms with Crippen LogP contribution >= 0.6 is 0 Å². The fourth-order valence-electron chi connectivity index (χ4n) is 8.85. The van der Waals surface area contributed by atoms with Crippen LogP contribution in [0.15, 0.2) is 29.8 Å². The third-order valence-corrected chi connectivity index (χ3v) is 11.6. The number of aromatic nitrogens is 1. The molecule has 1 unspecified atom stereocenters. The van der Waals surface area contributed by atoms with E-state index in [2.05, 4.69) is 23.3 Å². The molecule has 2 saturated heterocycles. The molecule has 3 fully saturated rings. The molecule has 2 N–H and O–H groups in total. The van der Waals surface area contributed by atoms with Gasteiger partial charge in [-0.05, 0) is 88.0 Å². The van der Waals surface area contributed by atoms with Crippen LogP contribution in [0.2, 0.25) is 0 Å². The number of aromatic amines is 1. The zero-order valence-electron chi connectivity index (χ0n) is 27.9. The molecule has 2 aliphatic carbocycles. The van der Waals surface area contributed by atoms with Crippen LogP contribution in [0.5, 0.6) is 5.75 Å². The van der Waals surface area contributed by atoms with Crippen LogP contribution in [-0.2, 0) is 31.1 Å². The summed E-state index contributed by atoms with van der Waals surface area (Å²) in [6.45, 7) is 5.18. The van der Waals surface area contributed by atoms with Gasteiger partial charge in [0.15, 0.2) is 0 Å². The maximum absolute atomic E-state index is 14.7. The second-order valence-electron chi connectivity index (χ2n) is 14.2. The van der Waals surface area contributed by atoms with E-state index in [0.29, 0.717) is 58.5 Å².